The topological polar surface area (TPSA) is 89.9 Å². The van der Waals surface area contributed by atoms with Crippen molar-refractivity contribution in [3.8, 4) is 0 Å². The molecule has 0 unspecified atom stereocenters. The van der Waals surface area contributed by atoms with Crippen LogP contribution in [0.15, 0.2) is 97.1 Å². The van der Waals surface area contributed by atoms with Crippen molar-refractivity contribution in [2.45, 2.75) is 62.8 Å². The molecule has 2 aliphatic rings. The van der Waals surface area contributed by atoms with Crippen molar-refractivity contribution in [3.05, 3.63) is 135 Å². The van der Waals surface area contributed by atoms with Crippen LogP contribution in [-0.2, 0) is 15.0 Å². The van der Waals surface area contributed by atoms with Gasteiger partial charge < -0.3 is 15.5 Å². The Kier molecular flexibility index (Phi) is 8.49. The summed E-state index contributed by atoms with van der Waals surface area (Å²) in [6, 6.07) is 24.5. The Hall–Kier alpha value is -3.75. The van der Waals surface area contributed by atoms with E-state index in [1.807, 2.05) is 69.3 Å². The Bertz CT molecular complexity index is 1780. The third-order valence-corrected chi connectivity index (χ3v) is 9.87. The lowest BCUT2D eigenvalue weighted by atomic mass is 9.62. The lowest BCUT2D eigenvalue weighted by Gasteiger charge is -2.43. The number of aliphatic hydroxyl groups excluding tert-OH is 1. The first kappa shape index (κ1) is 32.2. The van der Waals surface area contributed by atoms with Gasteiger partial charge in [0.15, 0.2) is 0 Å². The molecule has 3 N–H and O–H groups in total. The van der Waals surface area contributed by atoms with E-state index in [0.717, 1.165) is 0 Å². The van der Waals surface area contributed by atoms with Gasteiger partial charge >= 0.3 is 5.97 Å². The number of aliphatic hydroxyl groups is 1. The van der Waals surface area contributed by atoms with Crippen molar-refractivity contribution < 1.29 is 24.2 Å². The highest BCUT2D eigenvalue weighted by Crippen LogP contribution is 2.62. The zero-order valence-corrected chi connectivity index (χ0v) is 27.1. The number of nitrogens with one attached hydrogen (secondary N) is 1. The molecule has 1 fully saturated rings. The molecule has 238 valence electrons. The molecule has 6 rings (SSSR count). The SMILES string of the molecule is CC(C)(C)C[C@H]1N([C@H](c2ccccc2)[C@@H](O)c2ccccc2)[C@@H](C(=O)O)[C@H](c2cccc(Cl)c2F)[C@@]12C(=O)Nc1cc(Cl)ccc12. The highest BCUT2D eigenvalue weighted by Gasteiger charge is 2.70. The number of rotatable bonds is 7. The minimum Gasteiger partial charge on any atom is -0.480 e. The van der Waals surface area contributed by atoms with Gasteiger partial charge in [-0.15, -0.1) is 0 Å². The number of benzene rings is 4. The number of anilines is 1. The maximum atomic E-state index is 16.3. The lowest BCUT2D eigenvalue weighted by Crippen LogP contribution is -2.52. The fourth-order valence-electron chi connectivity index (χ4n) is 7.69. The van der Waals surface area contributed by atoms with Gasteiger partial charge in [-0.3, -0.25) is 14.5 Å². The molecule has 0 radical (unpaired) electrons. The third kappa shape index (κ3) is 5.29. The van der Waals surface area contributed by atoms with Gasteiger partial charge in [-0.05, 0) is 52.3 Å². The van der Waals surface area contributed by atoms with Gasteiger partial charge in [-0.2, -0.15) is 0 Å². The largest absolute Gasteiger partial charge is 0.480 e. The predicted octanol–water partition coefficient (Wildman–Crippen LogP) is 8.15. The average molecular weight is 662 g/mol. The maximum absolute atomic E-state index is 16.3. The highest BCUT2D eigenvalue weighted by atomic mass is 35.5. The van der Waals surface area contributed by atoms with E-state index in [2.05, 4.69) is 5.32 Å². The minimum atomic E-state index is -1.61. The van der Waals surface area contributed by atoms with Crippen molar-refractivity contribution in [2.24, 2.45) is 5.41 Å². The number of nitrogens with zero attached hydrogens (tertiary/aromatic N) is 1. The van der Waals surface area contributed by atoms with Crippen LogP contribution in [0.1, 0.15) is 67.5 Å². The molecule has 1 spiro atoms. The van der Waals surface area contributed by atoms with Gasteiger partial charge in [-0.25, -0.2) is 4.39 Å². The number of likely N-dealkylation sites (tertiary alicyclic amines) is 1. The van der Waals surface area contributed by atoms with Gasteiger partial charge in [-0.1, -0.05) is 123 Å². The van der Waals surface area contributed by atoms with E-state index in [1.54, 1.807) is 41.3 Å². The minimum absolute atomic E-state index is 0.0141. The van der Waals surface area contributed by atoms with Gasteiger partial charge in [0, 0.05) is 22.7 Å². The van der Waals surface area contributed by atoms with Crippen LogP contribution in [0.4, 0.5) is 10.1 Å². The smallest absolute Gasteiger partial charge is 0.321 e. The Morgan fingerprint density at radius 1 is 0.957 bits per heavy atom. The summed E-state index contributed by atoms with van der Waals surface area (Å²) in [6.45, 7) is 6.05. The van der Waals surface area contributed by atoms with Crippen LogP contribution >= 0.6 is 23.2 Å². The number of carboxylic acids is 1. The van der Waals surface area contributed by atoms with Crippen molar-refractivity contribution in [1.29, 1.82) is 0 Å². The molecule has 0 bridgehead atoms. The van der Waals surface area contributed by atoms with Crippen molar-refractivity contribution in [2.75, 3.05) is 5.32 Å². The Morgan fingerprint density at radius 2 is 1.59 bits per heavy atom. The molecule has 6 atom stereocenters. The number of hydrogen-bond donors (Lipinski definition) is 3. The second-order valence-corrected chi connectivity index (χ2v) is 14.2. The molecule has 1 amide bonds. The lowest BCUT2D eigenvalue weighted by molar-refractivity contribution is -0.145. The summed E-state index contributed by atoms with van der Waals surface area (Å²) < 4.78 is 16.3. The van der Waals surface area contributed by atoms with E-state index in [0.29, 0.717) is 33.8 Å². The Labute approximate surface area is 277 Å². The molecule has 4 aromatic rings. The van der Waals surface area contributed by atoms with Crippen LogP contribution in [0.5, 0.6) is 0 Å². The van der Waals surface area contributed by atoms with Crippen LogP contribution in [-0.4, -0.2) is 39.1 Å². The molecule has 2 aliphatic heterocycles. The molecule has 0 aromatic heterocycles. The predicted molar refractivity (Wildman–Crippen MR) is 178 cm³/mol. The molecular formula is C37H35Cl2FN2O4. The summed E-state index contributed by atoms with van der Waals surface area (Å²) >= 11 is 12.7. The fraction of sp³-hybridized carbons (Fsp3) is 0.297. The fourth-order valence-corrected chi connectivity index (χ4v) is 8.04. The Balaban J connectivity index is 1.74. The number of carboxylic acid groups (broad SMARTS) is 1. The van der Waals surface area contributed by atoms with Gasteiger partial charge in [0.1, 0.15) is 17.3 Å². The zero-order chi connectivity index (χ0) is 33.0. The highest BCUT2D eigenvalue weighted by molar-refractivity contribution is 6.31. The quantitative estimate of drug-likeness (QED) is 0.186. The summed E-state index contributed by atoms with van der Waals surface area (Å²) in [5.41, 5.74) is 0.163. The van der Waals surface area contributed by atoms with Crippen molar-refractivity contribution in [3.63, 3.8) is 0 Å². The second-order valence-electron chi connectivity index (χ2n) is 13.4. The van der Waals surface area contributed by atoms with E-state index in [4.69, 9.17) is 23.2 Å². The molecule has 4 aromatic carbocycles. The van der Waals surface area contributed by atoms with Crippen LogP contribution in [0, 0.1) is 11.2 Å². The number of amides is 1. The van der Waals surface area contributed by atoms with E-state index < -0.39 is 58.7 Å². The summed E-state index contributed by atoms with van der Waals surface area (Å²) in [7, 11) is 0. The number of halogens is 3. The number of fused-ring (bicyclic) bond motifs is 2. The van der Waals surface area contributed by atoms with Crippen LogP contribution in [0.2, 0.25) is 10.0 Å². The molecule has 46 heavy (non-hydrogen) atoms. The number of carbonyl (C=O) groups is 2. The van der Waals surface area contributed by atoms with Gasteiger partial charge in [0.2, 0.25) is 5.91 Å². The molecule has 0 aliphatic carbocycles. The zero-order valence-electron chi connectivity index (χ0n) is 25.6. The molecule has 6 nitrogen and oxygen atoms in total. The third-order valence-electron chi connectivity index (χ3n) is 9.34. The van der Waals surface area contributed by atoms with Crippen molar-refractivity contribution in [1.82, 2.24) is 4.90 Å². The first-order chi connectivity index (χ1) is 21.9. The van der Waals surface area contributed by atoms with Crippen molar-refractivity contribution >= 4 is 40.8 Å². The van der Waals surface area contributed by atoms with Crippen LogP contribution in [0.3, 0.4) is 0 Å². The number of hydrogen-bond acceptors (Lipinski definition) is 4. The Morgan fingerprint density at radius 3 is 2.20 bits per heavy atom. The van der Waals surface area contributed by atoms with E-state index in [9.17, 15) is 19.8 Å². The van der Waals surface area contributed by atoms with Gasteiger partial charge in [0.05, 0.1) is 17.2 Å². The number of carbonyl (C=O) groups excluding carboxylic acids is 1. The first-order valence-electron chi connectivity index (χ1n) is 15.2. The maximum Gasteiger partial charge on any atom is 0.321 e. The van der Waals surface area contributed by atoms with Gasteiger partial charge in [0.25, 0.3) is 0 Å². The summed E-state index contributed by atoms with van der Waals surface area (Å²) in [5.74, 6) is -3.74. The van der Waals surface area contributed by atoms with E-state index in [-0.39, 0.29) is 10.6 Å². The van der Waals surface area contributed by atoms with Crippen LogP contribution < -0.4 is 5.32 Å². The normalized spacial score (nSPS) is 24.1. The standard InChI is InChI=1S/C37H35Cl2FN2O4/c1-36(2,3)20-28-37(25-18-17-23(38)19-27(25)41-35(37)46)29(24-15-10-16-26(39)30(24)40)32(34(44)45)42(28)31(21-11-6-4-7-12-21)33(43)22-13-8-5-9-14-22/h4-19,28-29,31-33,43H,20H2,1-3H3,(H,41,46)(H,44,45)/t28-,29+,31-,32-,33+,37+/m1/s1. The second kappa shape index (κ2) is 12.1. The number of aliphatic carboxylic acids is 1. The summed E-state index contributed by atoms with van der Waals surface area (Å²) in [6.07, 6.45) is -0.877. The summed E-state index contributed by atoms with van der Waals surface area (Å²) in [5, 5.41) is 26.7. The first-order valence-corrected chi connectivity index (χ1v) is 16.0. The van der Waals surface area contributed by atoms with E-state index in [1.165, 1.54) is 12.1 Å². The van der Waals surface area contributed by atoms with Crippen LogP contribution in [0.25, 0.3) is 0 Å². The van der Waals surface area contributed by atoms with E-state index >= 15 is 4.39 Å². The monoisotopic (exact) mass is 660 g/mol. The average Bonchev–Trinajstić information content (AvgIpc) is 3.46. The summed E-state index contributed by atoms with van der Waals surface area (Å²) in [4.78, 5) is 30.3. The molecule has 2 heterocycles. The molecule has 1 saturated heterocycles. The molecule has 0 saturated carbocycles. The molecule has 9 heteroatoms. The molecular weight excluding hydrogens is 626 g/mol.